The fraction of sp³-hybridized carbons (Fsp3) is 0.417. The Morgan fingerprint density at radius 3 is 1.29 bits per heavy atom. The second kappa shape index (κ2) is 17.0. The van der Waals surface area contributed by atoms with Gasteiger partial charge in [-0.1, -0.05) is 0 Å². The zero-order valence-corrected chi connectivity index (χ0v) is 19.5. The molecular formula is C24H32N2O9. The average Bonchev–Trinajstić information content (AvgIpc) is 2.85. The molecule has 0 aliphatic rings. The van der Waals surface area contributed by atoms with E-state index >= 15 is 0 Å². The van der Waals surface area contributed by atoms with Crippen LogP contribution in [0.4, 0.5) is 11.4 Å². The number of nitrogen functional groups attached to an aromatic ring is 2. The molecule has 0 saturated heterocycles. The number of anilines is 2. The summed E-state index contributed by atoms with van der Waals surface area (Å²) in [7, 11) is 0. The first-order chi connectivity index (χ1) is 17.0. The van der Waals surface area contributed by atoms with Crippen molar-refractivity contribution in [2.75, 3.05) is 77.5 Å². The minimum atomic E-state index is -0.509. The van der Waals surface area contributed by atoms with Crippen molar-refractivity contribution >= 4 is 23.3 Å². The van der Waals surface area contributed by atoms with Gasteiger partial charge in [0.25, 0.3) is 0 Å². The summed E-state index contributed by atoms with van der Waals surface area (Å²) in [5.41, 5.74) is 12.5. The number of esters is 2. The molecule has 192 valence electrons. The van der Waals surface area contributed by atoms with Gasteiger partial charge in [-0.05, 0) is 48.5 Å². The molecule has 2 rings (SSSR count). The lowest BCUT2D eigenvalue weighted by Gasteiger charge is -2.09. The molecular weight excluding hydrogens is 460 g/mol. The average molecular weight is 493 g/mol. The fourth-order valence-corrected chi connectivity index (χ4v) is 2.49. The zero-order chi connectivity index (χ0) is 25.1. The van der Waals surface area contributed by atoms with E-state index in [1.165, 1.54) is 0 Å². The van der Waals surface area contributed by atoms with Crippen LogP contribution in [0.5, 0.6) is 11.5 Å². The molecule has 0 aliphatic heterocycles. The van der Waals surface area contributed by atoms with E-state index in [2.05, 4.69) is 0 Å². The lowest BCUT2D eigenvalue weighted by atomic mass is 10.3. The van der Waals surface area contributed by atoms with Gasteiger partial charge in [0.15, 0.2) is 0 Å². The minimum Gasteiger partial charge on any atom is -0.491 e. The smallest absolute Gasteiger partial charge is 0.332 e. The van der Waals surface area contributed by atoms with Crippen LogP contribution in [0.2, 0.25) is 0 Å². The first kappa shape index (κ1) is 27.7. The molecule has 2 aromatic carbocycles. The van der Waals surface area contributed by atoms with Crippen LogP contribution in [0.1, 0.15) is 0 Å². The van der Waals surface area contributed by atoms with Crippen molar-refractivity contribution < 1.29 is 42.7 Å². The zero-order valence-electron chi connectivity index (χ0n) is 19.5. The topological polar surface area (TPSA) is 151 Å². The van der Waals surface area contributed by atoms with Crippen LogP contribution in [0.3, 0.4) is 0 Å². The standard InChI is InChI=1S/C24H32N2O9/c25-19-1-5-21(6-2-19)32-13-11-30-17-23(27)34-15-9-29-10-16-35-24(28)18-31-12-14-33-22-7-3-20(26)4-8-22/h1-8H,9-18,25-26H2. The van der Waals surface area contributed by atoms with Crippen LogP contribution in [0.25, 0.3) is 0 Å². The van der Waals surface area contributed by atoms with Crippen LogP contribution >= 0.6 is 0 Å². The first-order valence-corrected chi connectivity index (χ1v) is 11.0. The van der Waals surface area contributed by atoms with Crippen molar-refractivity contribution in [3.05, 3.63) is 48.5 Å². The summed E-state index contributed by atoms with van der Waals surface area (Å²) in [5, 5.41) is 0. The van der Waals surface area contributed by atoms with Crippen molar-refractivity contribution in [1.29, 1.82) is 0 Å². The number of carbonyl (C=O) groups is 2. The van der Waals surface area contributed by atoms with Gasteiger partial charge in [-0.25, -0.2) is 9.59 Å². The molecule has 0 amide bonds. The molecule has 35 heavy (non-hydrogen) atoms. The summed E-state index contributed by atoms with van der Waals surface area (Å²) in [6.07, 6.45) is 0. The second-order valence-corrected chi connectivity index (χ2v) is 6.99. The number of carbonyl (C=O) groups excluding carboxylic acids is 2. The van der Waals surface area contributed by atoms with Crippen LogP contribution < -0.4 is 20.9 Å². The van der Waals surface area contributed by atoms with Crippen molar-refractivity contribution in [2.45, 2.75) is 0 Å². The molecule has 0 aromatic heterocycles. The Labute approximate surface area is 204 Å². The van der Waals surface area contributed by atoms with Crippen LogP contribution in [-0.4, -0.2) is 78.0 Å². The molecule has 0 saturated carbocycles. The molecule has 0 aliphatic carbocycles. The predicted molar refractivity (Wildman–Crippen MR) is 127 cm³/mol. The summed E-state index contributed by atoms with van der Waals surface area (Å²) in [4.78, 5) is 23.2. The summed E-state index contributed by atoms with van der Waals surface area (Å²) in [6, 6.07) is 13.9. The quantitative estimate of drug-likeness (QED) is 0.177. The number of hydrogen-bond acceptors (Lipinski definition) is 11. The monoisotopic (exact) mass is 492 g/mol. The molecule has 0 unspecified atom stereocenters. The third kappa shape index (κ3) is 13.7. The van der Waals surface area contributed by atoms with Crippen LogP contribution in [0, 0.1) is 0 Å². The van der Waals surface area contributed by atoms with Crippen LogP contribution in [-0.2, 0) is 33.3 Å². The normalized spacial score (nSPS) is 10.5. The summed E-state index contributed by atoms with van der Waals surface area (Å²) in [5.74, 6) is 0.316. The third-order valence-corrected chi connectivity index (χ3v) is 4.17. The number of benzene rings is 2. The maximum Gasteiger partial charge on any atom is 0.332 e. The van der Waals surface area contributed by atoms with Gasteiger partial charge in [0.1, 0.15) is 51.1 Å². The fourth-order valence-electron chi connectivity index (χ4n) is 2.49. The summed E-state index contributed by atoms with van der Waals surface area (Å²) >= 11 is 0. The Morgan fingerprint density at radius 1 is 0.514 bits per heavy atom. The molecule has 0 bridgehead atoms. The van der Waals surface area contributed by atoms with Gasteiger partial charge in [-0.3, -0.25) is 0 Å². The van der Waals surface area contributed by atoms with Crippen molar-refractivity contribution in [3.63, 3.8) is 0 Å². The third-order valence-electron chi connectivity index (χ3n) is 4.17. The Morgan fingerprint density at radius 2 is 0.886 bits per heavy atom. The highest BCUT2D eigenvalue weighted by Gasteiger charge is 2.05. The van der Waals surface area contributed by atoms with E-state index in [0.717, 1.165) is 0 Å². The number of ether oxygens (including phenoxy) is 7. The summed E-state index contributed by atoms with van der Waals surface area (Å²) < 4.78 is 36.5. The van der Waals surface area contributed by atoms with E-state index in [1.807, 2.05) is 0 Å². The molecule has 11 heteroatoms. The van der Waals surface area contributed by atoms with Crippen molar-refractivity contribution in [3.8, 4) is 11.5 Å². The van der Waals surface area contributed by atoms with E-state index in [9.17, 15) is 9.59 Å². The van der Waals surface area contributed by atoms with Crippen molar-refractivity contribution in [1.82, 2.24) is 0 Å². The Hall–Kier alpha value is -3.54. The van der Waals surface area contributed by atoms with Gasteiger partial charge >= 0.3 is 11.9 Å². The highest BCUT2D eigenvalue weighted by molar-refractivity contribution is 5.71. The maximum absolute atomic E-state index is 11.6. The molecule has 11 nitrogen and oxygen atoms in total. The molecule has 4 N–H and O–H groups in total. The lowest BCUT2D eigenvalue weighted by Crippen LogP contribution is -2.20. The van der Waals surface area contributed by atoms with Crippen LogP contribution in [0.15, 0.2) is 48.5 Å². The molecule has 0 fully saturated rings. The van der Waals surface area contributed by atoms with E-state index in [-0.39, 0.29) is 52.9 Å². The van der Waals surface area contributed by atoms with Crippen molar-refractivity contribution in [2.24, 2.45) is 0 Å². The van der Waals surface area contributed by atoms with Gasteiger partial charge in [-0.15, -0.1) is 0 Å². The summed E-state index contributed by atoms with van der Waals surface area (Å²) in [6.45, 7) is 1.15. The molecule has 0 spiro atoms. The van der Waals surface area contributed by atoms with E-state index < -0.39 is 11.9 Å². The second-order valence-electron chi connectivity index (χ2n) is 6.99. The Kier molecular flexibility index (Phi) is 13.4. The van der Waals surface area contributed by atoms with E-state index in [4.69, 9.17) is 44.6 Å². The Balaban J connectivity index is 1.33. The highest BCUT2D eigenvalue weighted by atomic mass is 16.6. The molecule has 0 radical (unpaired) electrons. The maximum atomic E-state index is 11.6. The lowest BCUT2D eigenvalue weighted by molar-refractivity contribution is -0.152. The number of nitrogens with two attached hydrogens (primary N) is 2. The van der Waals surface area contributed by atoms with Gasteiger partial charge in [-0.2, -0.15) is 0 Å². The first-order valence-electron chi connectivity index (χ1n) is 11.0. The largest absolute Gasteiger partial charge is 0.491 e. The number of rotatable bonds is 18. The van der Waals surface area contributed by atoms with Gasteiger partial charge in [0, 0.05) is 11.4 Å². The number of hydrogen-bond donors (Lipinski definition) is 2. The van der Waals surface area contributed by atoms with Gasteiger partial charge in [0.05, 0.1) is 26.4 Å². The Bertz CT molecular complexity index is 789. The van der Waals surface area contributed by atoms with Gasteiger partial charge in [0.2, 0.25) is 0 Å². The van der Waals surface area contributed by atoms with E-state index in [0.29, 0.717) is 36.1 Å². The van der Waals surface area contributed by atoms with E-state index in [1.54, 1.807) is 48.5 Å². The minimum absolute atomic E-state index is 0.0647. The highest BCUT2D eigenvalue weighted by Crippen LogP contribution is 2.13. The molecule has 0 heterocycles. The molecule has 0 atom stereocenters. The molecule has 2 aromatic rings. The SMILES string of the molecule is Nc1ccc(OCCOCC(=O)OCCOCCOC(=O)COCCOc2ccc(N)cc2)cc1. The van der Waals surface area contributed by atoms with Gasteiger partial charge < -0.3 is 44.6 Å². The predicted octanol–water partition coefficient (Wildman–Crippen LogP) is 1.45.